The van der Waals surface area contributed by atoms with E-state index in [9.17, 15) is 0 Å². The van der Waals surface area contributed by atoms with Gasteiger partial charge in [0.05, 0.1) is 0 Å². The van der Waals surface area contributed by atoms with Crippen molar-refractivity contribution in [2.45, 2.75) is 65.3 Å². The van der Waals surface area contributed by atoms with Crippen molar-refractivity contribution in [2.75, 3.05) is 6.54 Å². The van der Waals surface area contributed by atoms with Crippen molar-refractivity contribution in [1.29, 1.82) is 0 Å². The molecule has 0 spiro atoms. The summed E-state index contributed by atoms with van der Waals surface area (Å²) in [5, 5.41) is 3.75. The van der Waals surface area contributed by atoms with Crippen molar-refractivity contribution in [1.82, 2.24) is 10.3 Å². The fourth-order valence-electron chi connectivity index (χ4n) is 2.78. The van der Waals surface area contributed by atoms with E-state index in [-0.39, 0.29) is 0 Å². The van der Waals surface area contributed by atoms with Crippen LogP contribution < -0.4 is 5.32 Å². The molecule has 1 unspecified atom stereocenters. The molecule has 2 nitrogen and oxygen atoms in total. The SMILES string of the molecule is CCCNC(Cc1ccc(Br)cn1)C(CCC)CCC. The third-order valence-electron chi connectivity index (χ3n) is 3.76. The van der Waals surface area contributed by atoms with Gasteiger partial charge in [0.1, 0.15) is 0 Å². The zero-order valence-electron chi connectivity index (χ0n) is 13.2. The maximum Gasteiger partial charge on any atom is 0.0420 e. The van der Waals surface area contributed by atoms with Crippen LogP contribution in [-0.2, 0) is 6.42 Å². The summed E-state index contributed by atoms with van der Waals surface area (Å²) in [4.78, 5) is 4.54. The highest BCUT2D eigenvalue weighted by atomic mass is 79.9. The Kier molecular flexibility index (Phi) is 9.12. The Hall–Kier alpha value is -0.410. The van der Waals surface area contributed by atoms with Crippen LogP contribution in [0.3, 0.4) is 0 Å². The molecule has 0 saturated carbocycles. The highest BCUT2D eigenvalue weighted by Crippen LogP contribution is 2.21. The van der Waals surface area contributed by atoms with E-state index in [2.05, 4.69) is 59.1 Å². The lowest BCUT2D eigenvalue weighted by Crippen LogP contribution is -2.38. The third-order valence-corrected chi connectivity index (χ3v) is 4.23. The van der Waals surface area contributed by atoms with Crippen LogP contribution in [0, 0.1) is 5.92 Å². The molecule has 0 aliphatic rings. The minimum absolute atomic E-state index is 0.559. The minimum Gasteiger partial charge on any atom is -0.313 e. The van der Waals surface area contributed by atoms with Crippen LogP contribution in [0.2, 0.25) is 0 Å². The lowest BCUT2D eigenvalue weighted by molar-refractivity contribution is 0.307. The average molecular weight is 341 g/mol. The summed E-state index contributed by atoms with van der Waals surface area (Å²) in [7, 11) is 0. The summed E-state index contributed by atoms with van der Waals surface area (Å²) >= 11 is 3.45. The molecule has 0 aliphatic heterocycles. The van der Waals surface area contributed by atoms with Gasteiger partial charge in [-0.25, -0.2) is 0 Å². The first-order chi connectivity index (χ1) is 9.71. The first kappa shape index (κ1) is 17.6. The third kappa shape index (κ3) is 6.36. The van der Waals surface area contributed by atoms with Crippen LogP contribution in [0.4, 0.5) is 0 Å². The number of rotatable bonds is 10. The van der Waals surface area contributed by atoms with E-state index in [0.29, 0.717) is 6.04 Å². The van der Waals surface area contributed by atoms with Gasteiger partial charge in [0.2, 0.25) is 0 Å². The summed E-state index contributed by atoms with van der Waals surface area (Å²) in [5.74, 6) is 0.766. The van der Waals surface area contributed by atoms with E-state index in [1.807, 2.05) is 6.20 Å². The maximum atomic E-state index is 4.54. The monoisotopic (exact) mass is 340 g/mol. The molecule has 1 N–H and O–H groups in total. The summed E-state index contributed by atoms with van der Waals surface area (Å²) in [6.07, 6.45) is 9.29. The molecule has 0 bridgehead atoms. The van der Waals surface area contributed by atoms with Crippen molar-refractivity contribution >= 4 is 15.9 Å². The smallest absolute Gasteiger partial charge is 0.0420 e. The zero-order chi connectivity index (χ0) is 14.8. The Morgan fingerprint density at radius 2 is 1.80 bits per heavy atom. The summed E-state index contributed by atoms with van der Waals surface area (Å²) in [6, 6.07) is 4.79. The Bertz CT molecular complexity index is 345. The largest absolute Gasteiger partial charge is 0.313 e. The van der Waals surface area contributed by atoms with Crippen molar-refractivity contribution in [2.24, 2.45) is 5.92 Å². The second-order valence-electron chi connectivity index (χ2n) is 5.57. The van der Waals surface area contributed by atoms with Gasteiger partial charge in [-0.15, -0.1) is 0 Å². The Labute approximate surface area is 132 Å². The van der Waals surface area contributed by atoms with Crippen molar-refractivity contribution in [3.05, 3.63) is 28.5 Å². The van der Waals surface area contributed by atoms with E-state index in [0.717, 1.165) is 23.4 Å². The lowest BCUT2D eigenvalue weighted by atomic mass is 9.87. The molecule has 1 heterocycles. The second kappa shape index (κ2) is 10.3. The summed E-state index contributed by atoms with van der Waals surface area (Å²) < 4.78 is 1.05. The molecule has 1 aromatic rings. The molecule has 3 heteroatoms. The molecule has 1 atom stereocenters. The van der Waals surface area contributed by atoms with Crippen molar-refractivity contribution < 1.29 is 0 Å². The van der Waals surface area contributed by atoms with Crippen LogP contribution in [0.25, 0.3) is 0 Å². The number of nitrogens with one attached hydrogen (secondary N) is 1. The van der Waals surface area contributed by atoms with Gasteiger partial charge in [-0.1, -0.05) is 33.6 Å². The predicted octanol–water partition coefficient (Wildman–Crippen LogP) is 4.97. The van der Waals surface area contributed by atoms with Crippen molar-refractivity contribution in [3.8, 4) is 0 Å². The van der Waals surface area contributed by atoms with E-state index in [1.54, 1.807) is 0 Å². The first-order valence-corrected chi connectivity index (χ1v) is 8.84. The van der Waals surface area contributed by atoms with Gasteiger partial charge >= 0.3 is 0 Å². The van der Waals surface area contributed by atoms with Crippen LogP contribution >= 0.6 is 15.9 Å². The Balaban J connectivity index is 2.72. The van der Waals surface area contributed by atoms with E-state index >= 15 is 0 Å². The van der Waals surface area contributed by atoms with Gasteiger partial charge < -0.3 is 5.32 Å². The maximum absolute atomic E-state index is 4.54. The number of halogens is 1. The molecule has 20 heavy (non-hydrogen) atoms. The van der Waals surface area contributed by atoms with Gasteiger partial charge in [-0.3, -0.25) is 4.98 Å². The van der Waals surface area contributed by atoms with E-state index < -0.39 is 0 Å². The fourth-order valence-corrected chi connectivity index (χ4v) is 3.01. The molecule has 0 amide bonds. The van der Waals surface area contributed by atoms with Crippen LogP contribution in [0.15, 0.2) is 22.8 Å². The summed E-state index contributed by atoms with van der Waals surface area (Å²) in [5.41, 5.74) is 1.19. The Morgan fingerprint density at radius 3 is 2.30 bits per heavy atom. The fraction of sp³-hybridized carbons (Fsp3) is 0.706. The molecule has 0 aromatic carbocycles. The molecule has 114 valence electrons. The van der Waals surface area contributed by atoms with Gasteiger partial charge in [-0.2, -0.15) is 0 Å². The van der Waals surface area contributed by atoms with Crippen LogP contribution in [-0.4, -0.2) is 17.6 Å². The molecule has 1 aromatic heterocycles. The number of nitrogens with zero attached hydrogens (tertiary/aromatic N) is 1. The van der Waals surface area contributed by atoms with Crippen molar-refractivity contribution in [3.63, 3.8) is 0 Å². The van der Waals surface area contributed by atoms with Gasteiger partial charge in [0.25, 0.3) is 0 Å². The van der Waals surface area contributed by atoms with E-state index in [4.69, 9.17) is 0 Å². The normalized spacial score (nSPS) is 12.8. The standard InChI is InChI=1S/C17H29BrN2/c1-4-7-14(8-5-2)17(19-11-6-3)12-16-10-9-15(18)13-20-16/h9-10,13-14,17,19H,4-8,11-12H2,1-3H3. The molecular weight excluding hydrogens is 312 g/mol. The molecule has 0 fully saturated rings. The number of pyridine rings is 1. The van der Waals surface area contributed by atoms with Gasteiger partial charge in [0.15, 0.2) is 0 Å². The second-order valence-corrected chi connectivity index (χ2v) is 6.49. The number of aromatic nitrogens is 1. The Morgan fingerprint density at radius 1 is 1.10 bits per heavy atom. The number of hydrogen-bond acceptors (Lipinski definition) is 2. The zero-order valence-corrected chi connectivity index (χ0v) is 14.7. The molecular formula is C17H29BrN2. The van der Waals surface area contributed by atoms with Gasteiger partial charge in [-0.05, 0) is 59.8 Å². The first-order valence-electron chi connectivity index (χ1n) is 8.05. The molecule has 0 saturated heterocycles. The van der Waals surface area contributed by atoms with Crippen LogP contribution in [0.5, 0.6) is 0 Å². The quantitative estimate of drug-likeness (QED) is 0.650. The molecule has 1 rings (SSSR count). The summed E-state index contributed by atoms with van der Waals surface area (Å²) in [6.45, 7) is 7.91. The molecule has 0 radical (unpaired) electrons. The lowest BCUT2D eigenvalue weighted by Gasteiger charge is -2.28. The highest BCUT2D eigenvalue weighted by molar-refractivity contribution is 9.10. The van der Waals surface area contributed by atoms with Gasteiger partial charge in [0, 0.05) is 28.8 Å². The molecule has 0 aliphatic carbocycles. The minimum atomic E-state index is 0.559. The highest BCUT2D eigenvalue weighted by Gasteiger charge is 2.20. The number of hydrogen-bond donors (Lipinski definition) is 1. The van der Waals surface area contributed by atoms with Crippen LogP contribution in [0.1, 0.15) is 58.6 Å². The van der Waals surface area contributed by atoms with E-state index in [1.165, 1.54) is 37.8 Å². The topological polar surface area (TPSA) is 24.9 Å². The predicted molar refractivity (Wildman–Crippen MR) is 91.0 cm³/mol. The average Bonchev–Trinajstić information content (AvgIpc) is 2.45.